The standard InChI is InChI=1S/C12H20N2OS/c1-9-4-6-14(7-5-9)11-13-8-10(16-11)12(2,3)15/h8-9,15H,4-7H2,1-3H3. The summed E-state index contributed by atoms with van der Waals surface area (Å²) in [7, 11) is 0. The van der Waals surface area contributed by atoms with Crippen molar-refractivity contribution in [3.63, 3.8) is 0 Å². The highest BCUT2D eigenvalue weighted by Gasteiger charge is 2.23. The van der Waals surface area contributed by atoms with Gasteiger partial charge >= 0.3 is 0 Å². The number of nitrogens with zero attached hydrogens (tertiary/aromatic N) is 2. The van der Waals surface area contributed by atoms with Crippen molar-refractivity contribution in [1.82, 2.24) is 4.98 Å². The van der Waals surface area contributed by atoms with Gasteiger partial charge in [-0.25, -0.2) is 4.98 Å². The van der Waals surface area contributed by atoms with E-state index in [0.717, 1.165) is 29.0 Å². The number of piperidine rings is 1. The van der Waals surface area contributed by atoms with Gasteiger partial charge in [-0.05, 0) is 32.6 Å². The summed E-state index contributed by atoms with van der Waals surface area (Å²) < 4.78 is 0. The molecule has 0 radical (unpaired) electrons. The topological polar surface area (TPSA) is 36.4 Å². The molecule has 0 spiro atoms. The highest BCUT2D eigenvalue weighted by Crippen LogP contribution is 2.32. The molecule has 0 aromatic carbocycles. The zero-order chi connectivity index (χ0) is 11.8. The van der Waals surface area contributed by atoms with E-state index >= 15 is 0 Å². The second-order valence-electron chi connectivity index (χ2n) is 5.24. The average Bonchev–Trinajstić information content (AvgIpc) is 2.67. The molecule has 1 saturated heterocycles. The van der Waals surface area contributed by atoms with E-state index in [9.17, 15) is 5.11 Å². The van der Waals surface area contributed by atoms with Crippen molar-refractivity contribution in [2.75, 3.05) is 18.0 Å². The number of rotatable bonds is 2. The van der Waals surface area contributed by atoms with Crippen LogP contribution in [0, 0.1) is 5.92 Å². The van der Waals surface area contributed by atoms with Crippen LogP contribution in [0.5, 0.6) is 0 Å². The number of hydrogen-bond donors (Lipinski definition) is 1. The maximum absolute atomic E-state index is 9.89. The summed E-state index contributed by atoms with van der Waals surface area (Å²) in [4.78, 5) is 7.69. The predicted molar refractivity (Wildman–Crippen MR) is 68.0 cm³/mol. The molecule has 1 aliphatic heterocycles. The second-order valence-corrected chi connectivity index (χ2v) is 6.24. The van der Waals surface area contributed by atoms with Gasteiger partial charge in [-0.2, -0.15) is 0 Å². The smallest absolute Gasteiger partial charge is 0.185 e. The number of hydrogen-bond acceptors (Lipinski definition) is 4. The fourth-order valence-electron chi connectivity index (χ4n) is 1.89. The summed E-state index contributed by atoms with van der Waals surface area (Å²) in [5.41, 5.74) is -0.765. The summed E-state index contributed by atoms with van der Waals surface area (Å²) in [6.45, 7) is 8.12. The lowest BCUT2D eigenvalue weighted by molar-refractivity contribution is 0.0823. The van der Waals surface area contributed by atoms with Crippen LogP contribution in [-0.4, -0.2) is 23.2 Å². The summed E-state index contributed by atoms with van der Waals surface area (Å²) in [6.07, 6.45) is 4.30. The van der Waals surface area contributed by atoms with Gasteiger partial charge in [-0.15, -0.1) is 0 Å². The maximum atomic E-state index is 9.89. The molecule has 1 aliphatic rings. The Labute approximate surface area is 101 Å². The molecule has 1 aromatic rings. The minimum absolute atomic E-state index is 0.765. The van der Waals surface area contributed by atoms with Crippen molar-refractivity contribution >= 4 is 16.5 Å². The van der Waals surface area contributed by atoms with Gasteiger partial charge in [-0.3, -0.25) is 0 Å². The van der Waals surface area contributed by atoms with Crippen molar-refractivity contribution in [3.05, 3.63) is 11.1 Å². The summed E-state index contributed by atoms with van der Waals surface area (Å²) in [5, 5.41) is 11.0. The first kappa shape index (κ1) is 11.9. The minimum atomic E-state index is -0.765. The van der Waals surface area contributed by atoms with Crippen LogP contribution in [0.15, 0.2) is 6.20 Å². The van der Waals surface area contributed by atoms with Crippen LogP contribution >= 0.6 is 11.3 Å². The monoisotopic (exact) mass is 240 g/mol. The molecule has 0 saturated carbocycles. The van der Waals surface area contributed by atoms with Gasteiger partial charge in [-0.1, -0.05) is 18.3 Å². The average molecular weight is 240 g/mol. The SMILES string of the molecule is CC1CCN(c2ncc(C(C)(C)O)s2)CC1. The van der Waals surface area contributed by atoms with Crippen LogP contribution < -0.4 is 4.90 Å². The molecule has 1 fully saturated rings. The minimum Gasteiger partial charge on any atom is -0.385 e. The van der Waals surface area contributed by atoms with Gasteiger partial charge in [0, 0.05) is 19.3 Å². The molecule has 0 unspecified atom stereocenters. The Balaban J connectivity index is 2.08. The van der Waals surface area contributed by atoms with Gasteiger partial charge in [0.25, 0.3) is 0 Å². The zero-order valence-corrected chi connectivity index (χ0v) is 11.0. The molecule has 0 atom stereocenters. The van der Waals surface area contributed by atoms with Crippen molar-refractivity contribution in [3.8, 4) is 0 Å². The van der Waals surface area contributed by atoms with Gasteiger partial charge in [0.05, 0.1) is 10.5 Å². The third-order valence-corrected chi connectivity index (χ3v) is 4.52. The van der Waals surface area contributed by atoms with Crippen LogP contribution in [0.1, 0.15) is 38.5 Å². The van der Waals surface area contributed by atoms with Crippen molar-refractivity contribution in [2.24, 2.45) is 5.92 Å². The van der Waals surface area contributed by atoms with Gasteiger partial charge < -0.3 is 10.0 Å². The van der Waals surface area contributed by atoms with Gasteiger partial charge in [0.2, 0.25) is 0 Å². The van der Waals surface area contributed by atoms with Crippen LogP contribution in [-0.2, 0) is 5.60 Å². The fraction of sp³-hybridized carbons (Fsp3) is 0.750. The number of anilines is 1. The largest absolute Gasteiger partial charge is 0.385 e. The lowest BCUT2D eigenvalue weighted by Gasteiger charge is -2.29. The normalized spacial score (nSPS) is 19.1. The van der Waals surface area contributed by atoms with E-state index in [2.05, 4.69) is 16.8 Å². The van der Waals surface area contributed by atoms with Gasteiger partial charge in [0.1, 0.15) is 0 Å². The Bertz CT molecular complexity index is 348. The Hall–Kier alpha value is -0.610. The van der Waals surface area contributed by atoms with E-state index in [0.29, 0.717) is 0 Å². The van der Waals surface area contributed by atoms with Crippen molar-refractivity contribution < 1.29 is 5.11 Å². The highest BCUT2D eigenvalue weighted by molar-refractivity contribution is 7.15. The molecule has 1 N–H and O–H groups in total. The fourth-order valence-corrected chi connectivity index (χ4v) is 2.86. The quantitative estimate of drug-likeness (QED) is 0.863. The van der Waals surface area contributed by atoms with Crippen LogP contribution in [0.25, 0.3) is 0 Å². The number of aromatic nitrogens is 1. The maximum Gasteiger partial charge on any atom is 0.185 e. The molecular weight excluding hydrogens is 220 g/mol. The molecule has 90 valence electrons. The van der Waals surface area contributed by atoms with E-state index in [1.165, 1.54) is 12.8 Å². The molecule has 3 nitrogen and oxygen atoms in total. The third-order valence-electron chi connectivity index (χ3n) is 3.15. The summed E-state index contributed by atoms with van der Waals surface area (Å²) in [6, 6.07) is 0. The lowest BCUT2D eigenvalue weighted by Crippen LogP contribution is -2.32. The number of aliphatic hydroxyl groups is 1. The van der Waals surface area contributed by atoms with E-state index in [1.54, 1.807) is 17.5 Å². The molecule has 2 rings (SSSR count). The third kappa shape index (κ3) is 2.55. The van der Waals surface area contributed by atoms with Crippen LogP contribution in [0.4, 0.5) is 5.13 Å². The summed E-state index contributed by atoms with van der Waals surface area (Å²) in [5.74, 6) is 0.838. The van der Waals surface area contributed by atoms with E-state index in [4.69, 9.17) is 0 Å². The van der Waals surface area contributed by atoms with Crippen molar-refractivity contribution in [1.29, 1.82) is 0 Å². The Morgan fingerprint density at radius 2 is 2.06 bits per heavy atom. The molecule has 1 aromatic heterocycles. The first-order valence-electron chi connectivity index (χ1n) is 5.90. The molecular formula is C12H20N2OS. The van der Waals surface area contributed by atoms with Crippen molar-refractivity contribution in [2.45, 2.75) is 39.2 Å². The predicted octanol–water partition coefficient (Wildman–Crippen LogP) is 2.61. The Morgan fingerprint density at radius 3 is 2.56 bits per heavy atom. The second kappa shape index (κ2) is 4.34. The molecule has 0 amide bonds. The molecule has 2 heterocycles. The zero-order valence-electron chi connectivity index (χ0n) is 10.2. The first-order chi connectivity index (χ1) is 7.47. The van der Waals surface area contributed by atoms with E-state index < -0.39 is 5.60 Å². The van der Waals surface area contributed by atoms with Crippen LogP contribution in [0.3, 0.4) is 0 Å². The lowest BCUT2D eigenvalue weighted by atomic mass is 10.00. The molecule has 0 bridgehead atoms. The van der Waals surface area contributed by atoms with Crippen LogP contribution in [0.2, 0.25) is 0 Å². The molecule has 4 heteroatoms. The first-order valence-corrected chi connectivity index (χ1v) is 6.72. The van der Waals surface area contributed by atoms with E-state index in [1.807, 2.05) is 13.8 Å². The van der Waals surface area contributed by atoms with Gasteiger partial charge in [0.15, 0.2) is 5.13 Å². The molecule has 0 aliphatic carbocycles. The van der Waals surface area contributed by atoms with E-state index in [-0.39, 0.29) is 0 Å². The highest BCUT2D eigenvalue weighted by atomic mass is 32.1. The molecule has 16 heavy (non-hydrogen) atoms. The Kier molecular flexibility index (Phi) is 3.22. The Morgan fingerprint density at radius 1 is 1.44 bits per heavy atom. The summed E-state index contributed by atoms with van der Waals surface area (Å²) >= 11 is 1.61. The number of thiazole rings is 1.